The smallest absolute Gasteiger partial charge is 0.212 e. The molecular formula is C23H25O2S+. The van der Waals surface area contributed by atoms with Crippen LogP contribution in [0.5, 0.6) is 11.5 Å². The molecule has 0 atom stereocenters. The Morgan fingerprint density at radius 2 is 1.27 bits per heavy atom. The van der Waals surface area contributed by atoms with E-state index in [0.29, 0.717) is 0 Å². The Hall–Kier alpha value is -2.39. The molecule has 0 aromatic heterocycles. The first-order chi connectivity index (χ1) is 12.5. The van der Waals surface area contributed by atoms with Crippen molar-refractivity contribution in [3.63, 3.8) is 0 Å². The standard InChI is InChI=1S/C23H25O2S/c1-23(2,3)25-21-16-15-18(24-4)17-22(21)26(19-11-7-5-8-12-19)20-13-9-6-10-14-20/h5-17H,1-4H3/q+1. The van der Waals surface area contributed by atoms with Crippen LogP contribution in [0.2, 0.25) is 0 Å². The maximum atomic E-state index is 6.31. The van der Waals surface area contributed by atoms with Crippen LogP contribution in [-0.2, 0) is 10.9 Å². The molecule has 0 fully saturated rings. The van der Waals surface area contributed by atoms with Gasteiger partial charge in [0, 0.05) is 6.07 Å². The van der Waals surface area contributed by atoms with Gasteiger partial charge in [-0.05, 0) is 57.2 Å². The van der Waals surface area contributed by atoms with Crippen molar-refractivity contribution in [2.45, 2.75) is 41.1 Å². The average molecular weight is 366 g/mol. The minimum atomic E-state index is -0.278. The Labute approximate surface area is 159 Å². The molecule has 0 saturated heterocycles. The molecule has 3 heteroatoms. The van der Waals surface area contributed by atoms with Crippen molar-refractivity contribution in [1.29, 1.82) is 0 Å². The Balaban J connectivity index is 2.20. The normalized spacial score (nSPS) is 11.4. The van der Waals surface area contributed by atoms with E-state index in [0.717, 1.165) is 16.4 Å². The topological polar surface area (TPSA) is 18.5 Å². The molecule has 2 nitrogen and oxygen atoms in total. The summed E-state index contributed by atoms with van der Waals surface area (Å²) < 4.78 is 11.8. The minimum Gasteiger partial charge on any atom is -0.497 e. The van der Waals surface area contributed by atoms with Crippen LogP contribution in [0.3, 0.4) is 0 Å². The lowest BCUT2D eigenvalue weighted by Gasteiger charge is -2.23. The summed E-state index contributed by atoms with van der Waals surface area (Å²) in [6.07, 6.45) is 0. The van der Waals surface area contributed by atoms with E-state index in [9.17, 15) is 0 Å². The molecule has 0 N–H and O–H groups in total. The van der Waals surface area contributed by atoms with Gasteiger partial charge < -0.3 is 9.47 Å². The summed E-state index contributed by atoms with van der Waals surface area (Å²) in [6.45, 7) is 6.22. The second-order valence-electron chi connectivity index (χ2n) is 6.96. The fourth-order valence-corrected chi connectivity index (χ4v) is 4.88. The molecule has 0 saturated carbocycles. The van der Waals surface area contributed by atoms with E-state index in [1.165, 1.54) is 9.79 Å². The molecular weight excluding hydrogens is 340 g/mol. The largest absolute Gasteiger partial charge is 0.497 e. The van der Waals surface area contributed by atoms with E-state index in [4.69, 9.17) is 9.47 Å². The van der Waals surface area contributed by atoms with Crippen LogP contribution in [0.1, 0.15) is 20.8 Å². The first kappa shape index (κ1) is 18.4. The van der Waals surface area contributed by atoms with Crippen LogP contribution in [0, 0.1) is 0 Å². The van der Waals surface area contributed by atoms with Gasteiger partial charge in [0.15, 0.2) is 15.5 Å². The summed E-state index contributed by atoms with van der Waals surface area (Å²) in [4.78, 5) is 3.65. The molecule has 134 valence electrons. The van der Waals surface area contributed by atoms with Crippen LogP contribution in [0.4, 0.5) is 0 Å². The van der Waals surface area contributed by atoms with Gasteiger partial charge in [-0.25, -0.2) is 0 Å². The molecule has 0 unspecified atom stereocenters. The van der Waals surface area contributed by atoms with Crippen molar-refractivity contribution in [2.75, 3.05) is 7.11 Å². The monoisotopic (exact) mass is 365 g/mol. The van der Waals surface area contributed by atoms with Gasteiger partial charge in [-0.15, -0.1) is 0 Å². The molecule has 0 heterocycles. The molecule has 3 aromatic carbocycles. The summed E-state index contributed by atoms with van der Waals surface area (Å²) in [5, 5.41) is 0. The zero-order chi connectivity index (χ0) is 18.6. The van der Waals surface area contributed by atoms with E-state index in [2.05, 4.69) is 75.4 Å². The minimum absolute atomic E-state index is 0.272. The first-order valence-electron chi connectivity index (χ1n) is 8.69. The third kappa shape index (κ3) is 4.41. The molecule has 3 aromatic rings. The summed E-state index contributed by atoms with van der Waals surface area (Å²) in [7, 11) is 1.42. The van der Waals surface area contributed by atoms with Gasteiger partial charge in [0.2, 0.25) is 4.90 Å². The highest BCUT2D eigenvalue weighted by molar-refractivity contribution is 7.97. The molecule has 0 aliphatic carbocycles. The molecule has 0 aliphatic heterocycles. The van der Waals surface area contributed by atoms with E-state index >= 15 is 0 Å². The van der Waals surface area contributed by atoms with Gasteiger partial charge in [0.1, 0.15) is 22.2 Å². The van der Waals surface area contributed by atoms with E-state index < -0.39 is 0 Å². The van der Waals surface area contributed by atoms with Crippen molar-refractivity contribution < 1.29 is 9.47 Å². The zero-order valence-corrected chi connectivity index (χ0v) is 16.5. The highest BCUT2D eigenvalue weighted by Gasteiger charge is 2.33. The average Bonchev–Trinajstić information content (AvgIpc) is 2.64. The molecule has 0 amide bonds. The SMILES string of the molecule is COc1ccc(OC(C)(C)C)c([S+](c2ccccc2)c2ccccc2)c1. The van der Waals surface area contributed by atoms with Crippen molar-refractivity contribution >= 4 is 10.9 Å². The molecule has 0 aliphatic rings. The maximum absolute atomic E-state index is 6.31. The lowest BCUT2D eigenvalue weighted by Crippen LogP contribution is -2.24. The van der Waals surface area contributed by atoms with Gasteiger partial charge in [0.05, 0.1) is 7.11 Å². The molecule has 3 rings (SSSR count). The van der Waals surface area contributed by atoms with Crippen molar-refractivity contribution in [3.05, 3.63) is 78.9 Å². The van der Waals surface area contributed by atoms with Gasteiger partial charge >= 0.3 is 0 Å². The molecule has 0 bridgehead atoms. The van der Waals surface area contributed by atoms with Crippen molar-refractivity contribution in [3.8, 4) is 11.5 Å². The molecule has 26 heavy (non-hydrogen) atoms. The van der Waals surface area contributed by atoms with Crippen LogP contribution >= 0.6 is 0 Å². The second-order valence-corrected chi connectivity index (χ2v) is 8.95. The second kappa shape index (κ2) is 7.88. The fraction of sp³-hybridized carbons (Fsp3) is 0.217. The number of rotatable bonds is 5. The lowest BCUT2D eigenvalue weighted by atomic mass is 10.2. The summed E-state index contributed by atoms with van der Waals surface area (Å²) in [6, 6.07) is 27.2. The van der Waals surface area contributed by atoms with Crippen molar-refractivity contribution in [1.82, 2.24) is 0 Å². The highest BCUT2D eigenvalue weighted by Crippen LogP contribution is 2.39. The quantitative estimate of drug-likeness (QED) is 0.519. The molecule has 0 spiro atoms. The predicted molar refractivity (Wildman–Crippen MR) is 108 cm³/mol. The van der Waals surface area contributed by atoms with Gasteiger partial charge in [-0.1, -0.05) is 36.4 Å². The Bertz CT molecular complexity index is 800. The Kier molecular flexibility index (Phi) is 5.58. The summed E-state index contributed by atoms with van der Waals surface area (Å²) >= 11 is 0. The van der Waals surface area contributed by atoms with E-state index in [1.54, 1.807) is 7.11 Å². The Morgan fingerprint density at radius 3 is 1.73 bits per heavy atom. The van der Waals surface area contributed by atoms with Gasteiger partial charge in [-0.3, -0.25) is 0 Å². The van der Waals surface area contributed by atoms with Crippen LogP contribution in [-0.4, -0.2) is 12.7 Å². The lowest BCUT2D eigenvalue weighted by molar-refractivity contribution is 0.126. The number of benzene rings is 3. The summed E-state index contributed by atoms with van der Waals surface area (Å²) in [5.74, 6) is 1.74. The predicted octanol–water partition coefficient (Wildman–Crippen LogP) is 5.97. The highest BCUT2D eigenvalue weighted by atomic mass is 32.2. The van der Waals surface area contributed by atoms with Gasteiger partial charge in [-0.2, -0.15) is 0 Å². The van der Waals surface area contributed by atoms with Crippen LogP contribution in [0.25, 0.3) is 0 Å². The van der Waals surface area contributed by atoms with Crippen LogP contribution < -0.4 is 9.47 Å². The number of methoxy groups -OCH3 is 1. The first-order valence-corrected chi connectivity index (χ1v) is 9.92. The van der Waals surface area contributed by atoms with E-state index in [1.807, 2.05) is 24.3 Å². The maximum Gasteiger partial charge on any atom is 0.212 e. The van der Waals surface area contributed by atoms with Gasteiger partial charge in [0.25, 0.3) is 0 Å². The number of hydrogen-bond donors (Lipinski definition) is 0. The molecule has 0 radical (unpaired) electrons. The van der Waals surface area contributed by atoms with Crippen LogP contribution in [0.15, 0.2) is 93.5 Å². The third-order valence-corrected chi connectivity index (χ3v) is 5.99. The fourth-order valence-electron chi connectivity index (χ4n) is 2.69. The van der Waals surface area contributed by atoms with E-state index in [-0.39, 0.29) is 16.5 Å². The van der Waals surface area contributed by atoms with Crippen molar-refractivity contribution in [2.24, 2.45) is 0 Å². The Morgan fingerprint density at radius 1 is 0.731 bits per heavy atom. The number of hydrogen-bond acceptors (Lipinski definition) is 2. The zero-order valence-electron chi connectivity index (χ0n) is 15.7. The number of ether oxygens (including phenoxy) is 2. The summed E-state index contributed by atoms with van der Waals surface area (Å²) in [5.41, 5.74) is -0.272. The third-order valence-electron chi connectivity index (χ3n) is 3.74.